The number of aliphatic hydroxyl groups is 1. The summed E-state index contributed by atoms with van der Waals surface area (Å²) < 4.78 is 0. The van der Waals surface area contributed by atoms with E-state index in [1.165, 1.54) is 18.2 Å². The predicted molar refractivity (Wildman–Crippen MR) is 119 cm³/mol. The molecule has 3 aliphatic rings. The molecule has 3 atom stereocenters. The molecule has 13 heteroatoms. The molecule has 2 heterocycles. The zero-order chi connectivity index (χ0) is 25.8. The van der Waals surface area contributed by atoms with E-state index in [1.807, 2.05) is 0 Å². The molecule has 3 rings (SSSR count). The van der Waals surface area contributed by atoms with E-state index in [9.17, 15) is 33.9 Å². The molecule has 1 saturated carbocycles. The highest BCUT2D eigenvalue weighted by atomic mass is 16.4. The lowest BCUT2D eigenvalue weighted by Gasteiger charge is -2.43. The van der Waals surface area contributed by atoms with Crippen molar-refractivity contribution in [3.8, 4) is 0 Å². The number of nitrogens with one attached hydrogen (secondary N) is 2. The molecule has 0 aromatic rings. The highest BCUT2D eigenvalue weighted by Crippen LogP contribution is 2.42. The van der Waals surface area contributed by atoms with Crippen molar-refractivity contribution in [2.45, 2.75) is 44.2 Å². The largest absolute Gasteiger partial charge is 0.516 e. The average molecular weight is 489 g/mol. The summed E-state index contributed by atoms with van der Waals surface area (Å²) in [6.45, 7) is 1.70. The Morgan fingerprint density at radius 3 is 2.54 bits per heavy atom. The number of amides is 5. The number of carbonyl (C=O) groups excluding carboxylic acids is 5. The SMILES string of the molecule is C\C=C/C(=C\C=C\O)C(=O)NN1CCC(=O)N2CCC[C@@H](C(=O)N[C@]3(C=O)CC3C(=O)O)N2C1=O. The number of allylic oxidation sites excluding steroid dienone is 3. The van der Waals surface area contributed by atoms with Crippen LogP contribution in [0.5, 0.6) is 0 Å². The Kier molecular flexibility index (Phi) is 7.57. The van der Waals surface area contributed by atoms with E-state index in [0.29, 0.717) is 12.7 Å². The molecule has 188 valence electrons. The third-order valence-corrected chi connectivity index (χ3v) is 6.04. The monoisotopic (exact) mass is 489 g/mol. The highest BCUT2D eigenvalue weighted by Gasteiger charge is 2.61. The van der Waals surface area contributed by atoms with Crippen LogP contribution in [0.15, 0.2) is 36.1 Å². The third-order valence-electron chi connectivity index (χ3n) is 6.04. The van der Waals surface area contributed by atoms with Gasteiger partial charge in [0, 0.05) is 18.5 Å². The quantitative estimate of drug-likeness (QED) is 0.157. The average Bonchev–Trinajstić information content (AvgIpc) is 3.58. The van der Waals surface area contributed by atoms with Crippen molar-refractivity contribution in [3.63, 3.8) is 0 Å². The normalized spacial score (nSPS) is 27.0. The van der Waals surface area contributed by atoms with Crippen LogP contribution in [-0.2, 0) is 24.0 Å². The fraction of sp³-hybridized carbons (Fsp3) is 0.455. The molecule has 35 heavy (non-hydrogen) atoms. The van der Waals surface area contributed by atoms with Crippen LogP contribution < -0.4 is 10.7 Å². The lowest BCUT2D eigenvalue weighted by molar-refractivity contribution is -0.155. The molecule has 3 fully saturated rings. The Balaban J connectivity index is 1.83. The number of rotatable bonds is 8. The lowest BCUT2D eigenvalue weighted by Crippen LogP contribution is -2.65. The number of carboxylic acids is 1. The molecule has 13 nitrogen and oxygen atoms in total. The summed E-state index contributed by atoms with van der Waals surface area (Å²) in [5, 5.41) is 23.5. The molecule has 1 unspecified atom stereocenters. The molecular weight excluding hydrogens is 462 g/mol. The van der Waals surface area contributed by atoms with Gasteiger partial charge in [-0.1, -0.05) is 12.2 Å². The summed E-state index contributed by atoms with van der Waals surface area (Å²) in [6, 6.07) is -2.01. The summed E-state index contributed by atoms with van der Waals surface area (Å²) in [5.74, 6) is -4.16. The number of carbonyl (C=O) groups is 6. The Morgan fingerprint density at radius 2 is 1.94 bits per heavy atom. The van der Waals surface area contributed by atoms with Gasteiger partial charge in [-0.3, -0.25) is 24.6 Å². The van der Waals surface area contributed by atoms with Crippen LogP contribution in [0.1, 0.15) is 32.6 Å². The molecule has 0 bridgehead atoms. The second-order valence-corrected chi connectivity index (χ2v) is 8.35. The van der Waals surface area contributed by atoms with Crippen molar-refractivity contribution in [2.24, 2.45) is 5.92 Å². The van der Waals surface area contributed by atoms with E-state index in [0.717, 1.165) is 21.3 Å². The van der Waals surface area contributed by atoms with Gasteiger partial charge < -0.3 is 20.3 Å². The van der Waals surface area contributed by atoms with Gasteiger partial charge in [0.15, 0.2) is 0 Å². The summed E-state index contributed by atoms with van der Waals surface area (Å²) >= 11 is 0. The van der Waals surface area contributed by atoms with Crippen LogP contribution in [0, 0.1) is 5.92 Å². The number of urea groups is 1. The lowest BCUT2D eigenvalue weighted by atomic mass is 10.1. The number of nitrogens with zero attached hydrogens (tertiary/aromatic N) is 3. The molecular formula is C22H27N5O8. The first-order valence-electron chi connectivity index (χ1n) is 11.1. The van der Waals surface area contributed by atoms with Crippen molar-refractivity contribution < 1.29 is 39.0 Å². The first-order valence-corrected chi connectivity index (χ1v) is 11.1. The van der Waals surface area contributed by atoms with Gasteiger partial charge in [-0.15, -0.1) is 0 Å². The van der Waals surface area contributed by atoms with E-state index in [4.69, 9.17) is 5.11 Å². The van der Waals surface area contributed by atoms with Crippen molar-refractivity contribution >= 4 is 36.0 Å². The van der Waals surface area contributed by atoms with E-state index in [1.54, 1.807) is 13.0 Å². The summed E-state index contributed by atoms with van der Waals surface area (Å²) in [5.41, 5.74) is 1.000. The molecule has 0 aromatic carbocycles. The highest BCUT2D eigenvalue weighted by molar-refractivity contribution is 5.99. The smallest absolute Gasteiger partial charge is 0.358 e. The number of aliphatic hydroxyl groups excluding tert-OH is 1. The maximum absolute atomic E-state index is 13.4. The van der Waals surface area contributed by atoms with Crippen LogP contribution in [0.2, 0.25) is 0 Å². The van der Waals surface area contributed by atoms with E-state index >= 15 is 0 Å². The molecule has 0 aromatic heterocycles. The maximum Gasteiger partial charge on any atom is 0.358 e. The van der Waals surface area contributed by atoms with Gasteiger partial charge in [0.05, 0.1) is 18.7 Å². The topological polar surface area (TPSA) is 177 Å². The minimum atomic E-state index is -1.55. The minimum absolute atomic E-state index is 0.0641. The first-order chi connectivity index (χ1) is 16.7. The van der Waals surface area contributed by atoms with Crippen LogP contribution in [0.25, 0.3) is 0 Å². The van der Waals surface area contributed by atoms with Gasteiger partial charge in [0.1, 0.15) is 17.9 Å². The van der Waals surface area contributed by atoms with Gasteiger partial charge in [-0.2, -0.15) is 0 Å². The molecule has 2 aliphatic heterocycles. The number of fused-ring (bicyclic) bond motifs is 1. The van der Waals surface area contributed by atoms with Crippen LogP contribution in [0.4, 0.5) is 4.79 Å². The molecule has 0 radical (unpaired) electrons. The molecule has 4 N–H and O–H groups in total. The fourth-order valence-corrected chi connectivity index (χ4v) is 4.13. The molecule has 1 aliphatic carbocycles. The number of hydrogen-bond acceptors (Lipinski definition) is 7. The predicted octanol–water partition coefficient (Wildman–Crippen LogP) is -0.216. The fourth-order valence-electron chi connectivity index (χ4n) is 4.13. The van der Waals surface area contributed by atoms with Crippen LogP contribution >= 0.6 is 0 Å². The Labute approximate surface area is 200 Å². The van der Waals surface area contributed by atoms with Gasteiger partial charge in [0.25, 0.3) is 5.91 Å². The number of carboxylic acid groups (broad SMARTS) is 1. The number of hydrazine groups is 2. The van der Waals surface area contributed by atoms with Gasteiger partial charge >= 0.3 is 12.0 Å². The second kappa shape index (κ2) is 10.4. The summed E-state index contributed by atoms with van der Waals surface area (Å²) in [6.07, 6.45) is 7.09. The maximum atomic E-state index is 13.4. The van der Waals surface area contributed by atoms with Gasteiger partial charge in [-0.25, -0.2) is 19.8 Å². The van der Waals surface area contributed by atoms with E-state index in [-0.39, 0.29) is 37.9 Å². The molecule has 0 spiro atoms. The zero-order valence-electron chi connectivity index (χ0n) is 19.0. The molecule has 5 amide bonds. The van der Waals surface area contributed by atoms with Crippen LogP contribution in [0.3, 0.4) is 0 Å². The number of aliphatic carboxylic acids is 1. The second-order valence-electron chi connectivity index (χ2n) is 8.35. The summed E-state index contributed by atoms with van der Waals surface area (Å²) in [4.78, 5) is 74.8. The molecule has 2 saturated heterocycles. The Morgan fingerprint density at radius 1 is 1.20 bits per heavy atom. The minimum Gasteiger partial charge on any atom is -0.516 e. The van der Waals surface area contributed by atoms with Gasteiger partial charge in [-0.05, 0) is 38.3 Å². The number of hydrogen-bond donors (Lipinski definition) is 4. The van der Waals surface area contributed by atoms with Crippen LogP contribution in [-0.4, -0.2) is 85.9 Å². The Hall–Kier alpha value is -4.16. The van der Waals surface area contributed by atoms with Crippen molar-refractivity contribution in [3.05, 3.63) is 36.1 Å². The van der Waals surface area contributed by atoms with E-state index in [2.05, 4.69) is 10.7 Å². The first kappa shape index (κ1) is 25.5. The zero-order valence-corrected chi connectivity index (χ0v) is 19.0. The van der Waals surface area contributed by atoms with Gasteiger partial charge in [0.2, 0.25) is 11.8 Å². The third kappa shape index (κ3) is 5.18. The van der Waals surface area contributed by atoms with E-state index < -0.39 is 47.2 Å². The summed E-state index contributed by atoms with van der Waals surface area (Å²) in [7, 11) is 0. The van der Waals surface area contributed by atoms with Crippen molar-refractivity contribution in [1.29, 1.82) is 0 Å². The standard InChI is InChI=1S/C22H27N5O8/c1-2-5-14(6-4-11-28)18(31)24-25-10-8-17(30)26-9-3-7-16(27(26)21(25)35)19(32)23-22(13-29)12-15(22)20(33)34/h2,4-6,11,13,15-16,28H,3,7-10,12H2,1H3,(H,23,32)(H,24,31)(H,33,34)/b5-2-,11-4+,14-6+/t15?,16-,22-/m0/s1. The van der Waals surface area contributed by atoms with Crippen molar-refractivity contribution in [1.82, 2.24) is 25.8 Å². The Bertz CT molecular complexity index is 1020. The number of aldehydes is 1. The van der Waals surface area contributed by atoms with Crippen molar-refractivity contribution in [2.75, 3.05) is 13.1 Å².